The summed E-state index contributed by atoms with van der Waals surface area (Å²) in [5.41, 5.74) is 2.07. The van der Waals surface area contributed by atoms with Crippen molar-refractivity contribution in [1.82, 2.24) is 0 Å². The largest absolute Gasteiger partial charge is 0.350 e. The predicted octanol–water partition coefficient (Wildman–Crippen LogP) is 4.93. The number of hydrogen-bond donors (Lipinski definition) is 0. The van der Waals surface area contributed by atoms with Gasteiger partial charge in [-0.2, -0.15) is 0 Å². The Hall–Kier alpha value is -1.17. The van der Waals surface area contributed by atoms with Crippen molar-refractivity contribution in [2.24, 2.45) is 0 Å². The minimum absolute atomic E-state index is 0.358. The quantitative estimate of drug-likeness (QED) is 0.678. The van der Waals surface area contributed by atoms with E-state index in [0.717, 1.165) is 19.3 Å². The van der Waals surface area contributed by atoms with Crippen LogP contribution in [-0.2, 0) is 10.1 Å². The first-order valence-corrected chi connectivity index (χ1v) is 7.29. The molecule has 0 amide bonds. The van der Waals surface area contributed by atoms with E-state index >= 15 is 0 Å². The summed E-state index contributed by atoms with van der Waals surface area (Å²) in [6.07, 6.45) is 3.29. The van der Waals surface area contributed by atoms with Crippen LogP contribution in [0.4, 0.5) is 0 Å². The zero-order valence-corrected chi connectivity index (χ0v) is 12.5. The second-order valence-corrected chi connectivity index (χ2v) is 5.02. The first kappa shape index (κ1) is 14.2. The molecule has 0 aliphatic rings. The van der Waals surface area contributed by atoms with E-state index in [4.69, 9.17) is 4.52 Å². The second-order valence-electron chi connectivity index (χ2n) is 4.78. The van der Waals surface area contributed by atoms with Crippen LogP contribution in [0, 0.1) is 0 Å². The molecule has 2 heteroatoms. The average molecular weight is 272 g/mol. The monoisotopic (exact) mass is 272 g/mol. The molecular weight excluding hydrogens is 251 g/mol. The molecule has 19 heavy (non-hydrogen) atoms. The highest BCUT2D eigenvalue weighted by Gasteiger charge is 2.33. The lowest BCUT2D eigenvalue weighted by Crippen LogP contribution is -2.28. The molecule has 1 atom stereocenters. The SMILES string of the molecule is CCCCC(OP)(c1ccccc1)c1ccccc1. The summed E-state index contributed by atoms with van der Waals surface area (Å²) in [5.74, 6) is 0. The Morgan fingerprint density at radius 3 is 1.74 bits per heavy atom. The summed E-state index contributed by atoms with van der Waals surface area (Å²) < 4.78 is 5.93. The number of rotatable bonds is 6. The third-order valence-electron chi connectivity index (χ3n) is 3.56. The second kappa shape index (κ2) is 6.84. The molecule has 0 heterocycles. The number of benzene rings is 2. The minimum Gasteiger partial charge on any atom is -0.350 e. The van der Waals surface area contributed by atoms with E-state index in [9.17, 15) is 0 Å². The zero-order valence-electron chi connectivity index (χ0n) is 11.4. The summed E-state index contributed by atoms with van der Waals surface area (Å²) in [6.45, 7) is 2.21. The molecule has 0 fully saturated rings. The number of unbranched alkanes of at least 4 members (excludes halogenated alkanes) is 1. The Labute approximate surface area is 118 Å². The Bertz CT molecular complexity index is 442. The normalized spacial score (nSPS) is 11.5. The van der Waals surface area contributed by atoms with Gasteiger partial charge in [-0.3, -0.25) is 0 Å². The standard InChI is InChI=1S/C17H21OP/c1-2-3-14-17(18-19,15-10-6-4-7-11-15)16-12-8-5-9-13-16/h4-13H,2-3,14,19H2,1H3. The van der Waals surface area contributed by atoms with E-state index < -0.39 is 0 Å². The van der Waals surface area contributed by atoms with Crippen molar-refractivity contribution in [1.29, 1.82) is 0 Å². The van der Waals surface area contributed by atoms with E-state index in [0.29, 0.717) is 0 Å². The fourth-order valence-electron chi connectivity index (χ4n) is 2.49. The highest BCUT2D eigenvalue weighted by atomic mass is 31.0. The van der Waals surface area contributed by atoms with Crippen LogP contribution in [0.25, 0.3) is 0 Å². The molecular formula is C17H21OP. The van der Waals surface area contributed by atoms with Crippen molar-refractivity contribution >= 4 is 9.47 Å². The molecule has 100 valence electrons. The van der Waals surface area contributed by atoms with Gasteiger partial charge < -0.3 is 4.52 Å². The lowest BCUT2D eigenvalue weighted by Gasteiger charge is -2.33. The molecule has 1 unspecified atom stereocenters. The van der Waals surface area contributed by atoms with Crippen LogP contribution < -0.4 is 0 Å². The van der Waals surface area contributed by atoms with Gasteiger partial charge in [-0.05, 0) is 17.5 Å². The fourth-order valence-corrected chi connectivity index (χ4v) is 2.88. The van der Waals surface area contributed by atoms with Crippen LogP contribution in [0.15, 0.2) is 60.7 Å². The van der Waals surface area contributed by atoms with Gasteiger partial charge in [0, 0.05) is 9.47 Å². The minimum atomic E-state index is -0.358. The van der Waals surface area contributed by atoms with Gasteiger partial charge >= 0.3 is 0 Å². The Morgan fingerprint density at radius 2 is 1.37 bits per heavy atom. The van der Waals surface area contributed by atoms with Gasteiger partial charge in [-0.15, -0.1) is 0 Å². The van der Waals surface area contributed by atoms with Crippen LogP contribution in [0.1, 0.15) is 37.3 Å². The maximum atomic E-state index is 5.93. The third kappa shape index (κ3) is 3.05. The van der Waals surface area contributed by atoms with Gasteiger partial charge in [0.15, 0.2) is 0 Å². The van der Waals surface area contributed by atoms with Crippen LogP contribution in [-0.4, -0.2) is 0 Å². The smallest absolute Gasteiger partial charge is 0.122 e. The van der Waals surface area contributed by atoms with Crippen LogP contribution in [0.2, 0.25) is 0 Å². The number of hydrogen-bond acceptors (Lipinski definition) is 1. The van der Waals surface area contributed by atoms with E-state index in [2.05, 4.69) is 64.9 Å². The van der Waals surface area contributed by atoms with Crippen molar-refractivity contribution in [3.63, 3.8) is 0 Å². The van der Waals surface area contributed by atoms with Crippen molar-refractivity contribution in [3.8, 4) is 0 Å². The first-order valence-electron chi connectivity index (χ1n) is 6.82. The molecule has 0 radical (unpaired) electrons. The Morgan fingerprint density at radius 1 is 0.895 bits per heavy atom. The van der Waals surface area contributed by atoms with Gasteiger partial charge in [0.05, 0.1) is 0 Å². The van der Waals surface area contributed by atoms with E-state index in [-0.39, 0.29) is 5.60 Å². The molecule has 0 aromatic heterocycles. The maximum Gasteiger partial charge on any atom is 0.122 e. The molecule has 2 rings (SSSR count). The molecule has 0 N–H and O–H groups in total. The predicted molar refractivity (Wildman–Crippen MR) is 84.0 cm³/mol. The first-order chi connectivity index (χ1) is 9.33. The van der Waals surface area contributed by atoms with Gasteiger partial charge in [-0.25, -0.2) is 0 Å². The fraction of sp³-hybridized carbons (Fsp3) is 0.294. The van der Waals surface area contributed by atoms with Crippen LogP contribution >= 0.6 is 9.47 Å². The van der Waals surface area contributed by atoms with E-state index in [1.165, 1.54) is 11.1 Å². The van der Waals surface area contributed by atoms with Crippen molar-refractivity contribution in [2.75, 3.05) is 0 Å². The molecule has 0 aliphatic carbocycles. The molecule has 0 saturated heterocycles. The summed E-state index contributed by atoms with van der Waals surface area (Å²) in [5, 5.41) is 0. The summed E-state index contributed by atoms with van der Waals surface area (Å²) in [4.78, 5) is 0. The topological polar surface area (TPSA) is 9.23 Å². The summed E-state index contributed by atoms with van der Waals surface area (Å²) in [7, 11) is 2.46. The van der Waals surface area contributed by atoms with Crippen molar-refractivity contribution in [2.45, 2.75) is 31.8 Å². The maximum absolute atomic E-state index is 5.93. The Balaban J connectivity index is 2.48. The Kier molecular flexibility index (Phi) is 5.13. The molecule has 2 aromatic rings. The van der Waals surface area contributed by atoms with Crippen LogP contribution in [0.5, 0.6) is 0 Å². The highest BCUT2D eigenvalue weighted by Crippen LogP contribution is 2.39. The molecule has 0 bridgehead atoms. The van der Waals surface area contributed by atoms with Gasteiger partial charge in [-0.1, -0.05) is 80.4 Å². The molecule has 2 aromatic carbocycles. The molecule has 0 aliphatic heterocycles. The summed E-state index contributed by atoms with van der Waals surface area (Å²) >= 11 is 0. The van der Waals surface area contributed by atoms with Gasteiger partial charge in [0.2, 0.25) is 0 Å². The van der Waals surface area contributed by atoms with Crippen molar-refractivity contribution in [3.05, 3.63) is 71.8 Å². The lowest BCUT2D eigenvalue weighted by molar-refractivity contribution is 0.125. The van der Waals surface area contributed by atoms with Gasteiger partial charge in [0.1, 0.15) is 5.60 Å². The van der Waals surface area contributed by atoms with E-state index in [1.54, 1.807) is 0 Å². The lowest BCUT2D eigenvalue weighted by atomic mass is 9.82. The third-order valence-corrected chi connectivity index (χ3v) is 3.97. The highest BCUT2D eigenvalue weighted by molar-refractivity contribution is 7.09. The van der Waals surface area contributed by atoms with Gasteiger partial charge in [0.25, 0.3) is 0 Å². The average Bonchev–Trinajstić information content (AvgIpc) is 2.51. The molecule has 1 nitrogen and oxygen atoms in total. The molecule has 0 spiro atoms. The summed E-state index contributed by atoms with van der Waals surface area (Å²) in [6, 6.07) is 21.0. The zero-order chi connectivity index (χ0) is 13.6. The van der Waals surface area contributed by atoms with Crippen molar-refractivity contribution < 1.29 is 4.52 Å². The van der Waals surface area contributed by atoms with E-state index in [1.807, 2.05) is 12.1 Å². The van der Waals surface area contributed by atoms with Crippen LogP contribution in [0.3, 0.4) is 0 Å². The molecule has 0 saturated carbocycles.